The first-order valence-corrected chi connectivity index (χ1v) is 11.3. The van der Waals surface area contributed by atoms with Crippen molar-refractivity contribution in [3.05, 3.63) is 40.1 Å². The van der Waals surface area contributed by atoms with Crippen molar-refractivity contribution < 1.29 is 13.2 Å². The molecule has 0 radical (unpaired) electrons. The summed E-state index contributed by atoms with van der Waals surface area (Å²) in [7, 11) is -3.79. The SMILES string of the molecule is Cc1nc(OCCNS(=O)(=O)c2cc(Cl)ccc2Cl)cc(N2CCCCC2)n1. The first kappa shape index (κ1) is 21.1. The van der Waals surface area contributed by atoms with Crippen molar-refractivity contribution >= 4 is 39.0 Å². The zero-order valence-corrected chi connectivity index (χ0v) is 17.8. The molecule has 0 unspecified atom stereocenters. The molecule has 0 aliphatic carbocycles. The smallest absolute Gasteiger partial charge is 0.242 e. The van der Waals surface area contributed by atoms with Crippen molar-refractivity contribution in [3.8, 4) is 5.88 Å². The number of sulfonamides is 1. The van der Waals surface area contributed by atoms with Gasteiger partial charge in [-0.15, -0.1) is 0 Å². The lowest BCUT2D eigenvalue weighted by molar-refractivity contribution is 0.309. The number of anilines is 1. The number of aryl methyl sites for hydroxylation is 1. The van der Waals surface area contributed by atoms with Crippen molar-refractivity contribution in [2.24, 2.45) is 0 Å². The predicted octanol–water partition coefficient (Wildman–Crippen LogP) is 3.44. The number of benzene rings is 1. The Balaban J connectivity index is 1.59. The summed E-state index contributed by atoms with van der Waals surface area (Å²) in [6, 6.07) is 6.08. The molecule has 10 heteroatoms. The highest BCUT2D eigenvalue weighted by atomic mass is 35.5. The van der Waals surface area contributed by atoms with Gasteiger partial charge in [-0.05, 0) is 44.4 Å². The average Bonchev–Trinajstić information content (AvgIpc) is 2.67. The second-order valence-electron chi connectivity index (χ2n) is 6.48. The van der Waals surface area contributed by atoms with Crippen LogP contribution < -0.4 is 14.4 Å². The molecule has 7 nitrogen and oxygen atoms in total. The number of piperidine rings is 1. The van der Waals surface area contributed by atoms with Gasteiger partial charge in [0, 0.05) is 30.7 Å². The molecule has 1 fully saturated rings. The summed E-state index contributed by atoms with van der Waals surface area (Å²) in [5.74, 6) is 1.88. The molecular weight excluding hydrogens is 423 g/mol. The summed E-state index contributed by atoms with van der Waals surface area (Å²) in [6.45, 7) is 3.93. The second kappa shape index (κ2) is 9.26. The van der Waals surface area contributed by atoms with E-state index in [1.807, 2.05) is 6.92 Å². The van der Waals surface area contributed by atoms with E-state index in [4.69, 9.17) is 27.9 Å². The van der Waals surface area contributed by atoms with Gasteiger partial charge in [0.1, 0.15) is 23.1 Å². The highest BCUT2D eigenvalue weighted by molar-refractivity contribution is 7.89. The maximum absolute atomic E-state index is 12.4. The van der Waals surface area contributed by atoms with E-state index in [0.717, 1.165) is 31.7 Å². The van der Waals surface area contributed by atoms with Crippen LogP contribution in [0.5, 0.6) is 5.88 Å². The largest absolute Gasteiger partial charge is 0.476 e. The van der Waals surface area contributed by atoms with Gasteiger partial charge in [-0.3, -0.25) is 0 Å². The van der Waals surface area contributed by atoms with Crippen LogP contribution in [0, 0.1) is 6.92 Å². The minimum absolute atomic E-state index is 0.0628. The van der Waals surface area contributed by atoms with Crippen LogP contribution in [0.1, 0.15) is 25.1 Å². The van der Waals surface area contributed by atoms with Gasteiger partial charge in [-0.2, -0.15) is 4.98 Å². The lowest BCUT2D eigenvalue weighted by atomic mass is 10.1. The number of rotatable bonds is 7. The van der Waals surface area contributed by atoms with E-state index in [1.54, 1.807) is 6.07 Å². The first-order chi connectivity index (χ1) is 13.3. The molecule has 1 aliphatic rings. The number of hydrogen-bond acceptors (Lipinski definition) is 6. The summed E-state index contributed by atoms with van der Waals surface area (Å²) in [5.41, 5.74) is 0. The molecule has 1 aromatic carbocycles. The topological polar surface area (TPSA) is 84.4 Å². The molecule has 2 heterocycles. The van der Waals surface area contributed by atoms with Crippen LogP contribution in [-0.4, -0.2) is 44.6 Å². The molecule has 1 saturated heterocycles. The standard InChI is InChI=1S/C18H22Cl2N4O3S/c1-13-22-17(24-8-3-2-4-9-24)12-18(23-13)27-10-7-21-28(25,26)16-11-14(19)5-6-15(16)20/h5-6,11-12,21H,2-4,7-10H2,1H3. The van der Waals surface area contributed by atoms with E-state index in [2.05, 4.69) is 19.6 Å². The summed E-state index contributed by atoms with van der Waals surface area (Å²) in [5, 5.41) is 0.401. The normalized spacial score (nSPS) is 14.9. The zero-order valence-electron chi connectivity index (χ0n) is 15.5. The van der Waals surface area contributed by atoms with E-state index in [0.29, 0.717) is 16.7 Å². The molecule has 3 rings (SSSR count). The Morgan fingerprint density at radius 3 is 2.64 bits per heavy atom. The molecule has 152 valence electrons. The monoisotopic (exact) mass is 444 g/mol. The molecule has 0 spiro atoms. The predicted molar refractivity (Wildman–Crippen MR) is 110 cm³/mol. The summed E-state index contributed by atoms with van der Waals surface area (Å²) < 4.78 is 32.9. The highest BCUT2D eigenvalue weighted by Crippen LogP contribution is 2.25. The maximum atomic E-state index is 12.4. The number of ether oxygens (including phenoxy) is 1. The molecule has 1 N–H and O–H groups in total. The number of aromatic nitrogens is 2. The van der Waals surface area contributed by atoms with Crippen LogP contribution in [-0.2, 0) is 10.0 Å². The van der Waals surface area contributed by atoms with Crippen LogP contribution >= 0.6 is 23.2 Å². The van der Waals surface area contributed by atoms with Gasteiger partial charge in [0.25, 0.3) is 0 Å². The molecular formula is C18H22Cl2N4O3S. The lowest BCUT2D eigenvalue weighted by Gasteiger charge is -2.28. The molecule has 0 saturated carbocycles. The molecule has 0 bridgehead atoms. The van der Waals surface area contributed by atoms with Gasteiger partial charge in [0.2, 0.25) is 15.9 Å². The Morgan fingerprint density at radius 1 is 1.14 bits per heavy atom. The van der Waals surface area contributed by atoms with Crippen molar-refractivity contribution in [1.29, 1.82) is 0 Å². The van der Waals surface area contributed by atoms with Crippen molar-refractivity contribution in [2.45, 2.75) is 31.1 Å². The third-order valence-electron chi connectivity index (χ3n) is 4.31. The summed E-state index contributed by atoms with van der Waals surface area (Å²) in [6.07, 6.45) is 3.53. The Morgan fingerprint density at radius 2 is 1.89 bits per heavy atom. The average molecular weight is 445 g/mol. The van der Waals surface area contributed by atoms with Crippen LogP contribution in [0.3, 0.4) is 0 Å². The number of nitrogens with one attached hydrogen (secondary N) is 1. The fourth-order valence-electron chi connectivity index (χ4n) is 2.98. The van der Waals surface area contributed by atoms with Gasteiger partial charge in [-0.1, -0.05) is 23.2 Å². The Hall–Kier alpha value is -1.61. The van der Waals surface area contributed by atoms with Crippen LogP contribution in [0.25, 0.3) is 0 Å². The molecule has 2 aromatic rings. The van der Waals surface area contributed by atoms with Crippen LogP contribution in [0.2, 0.25) is 10.0 Å². The Labute approximate surface area is 175 Å². The molecule has 0 amide bonds. The summed E-state index contributed by atoms with van der Waals surface area (Å²) in [4.78, 5) is 10.9. The molecule has 28 heavy (non-hydrogen) atoms. The minimum Gasteiger partial charge on any atom is -0.476 e. The van der Waals surface area contributed by atoms with Crippen molar-refractivity contribution in [2.75, 3.05) is 31.1 Å². The van der Waals surface area contributed by atoms with Gasteiger partial charge < -0.3 is 9.64 Å². The van der Waals surface area contributed by atoms with Gasteiger partial charge in [0.05, 0.1) is 5.02 Å². The Bertz CT molecular complexity index is 934. The van der Waals surface area contributed by atoms with E-state index >= 15 is 0 Å². The number of nitrogens with zero attached hydrogens (tertiary/aromatic N) is 3. The summed E-state index contributed by atoms with van der Waals surface area (Å²) >= 11 is 11.8. The third-order valence-corrected chi connectivity index (χ3v) is 6.49. The van der Waals surface area contributed by atoms with E-state index in [9.17, 15) is 8.42 Å². The highest BCUT2D eigenvalue weighted by Gasteiger charge is 2.18. The lowest BCUT2D eigenvalue weighted by Crippen LogP contribution is -2.30. The zero-order chi connectivity index (χ0) is 20.1. The third kappa shape index (κ3) is 5.47. The Kier molecular flexibility index (Phi) is 6.98. The van der Waals surface area contributed by atoms with E-state index in [1.165, 1.54) is 24.6 Å². The van der Waals surface area contributed by atoms with Crippen LogP contribution in [0.15, 0.2) is 29.2 Å². The minimum atomic E-state index is -3.79. The first-order valence-electron chi connectivity index (χ1n) is 9.03. The van der Waals surface area contributed by atoms with Gasteiger partial charge in [0.15, 0.2) is 0 Å². The fourth-order valence-corrected chi connectivity index (χ4v) is 4.75. The molecule has 1 aromatic heterocycles. The van der Waals surface area contributed by atoms with Gasteiger partial charge in [-0.25, -0.2) is 18.1 Å². The molecule has 1 aliphatic heterocycles. The maximum Gasteiger partial charge on any atom is 0.242 e. The number of hydrogen-bond donors (Lipinski definition) is 1. The van der Waals surface area contributed by atoms with Crippen LogP contribution in [0.4, 0.5) is 5.82 Å². The molecule has 0 atom stereocenters. The number of halogens is 2. The van der Waals surface area contributed by atoms with E-state index in [-0.39, 0.29) is 23.1 Å². The van der Waals surface area contributed by atoms with Crippen molar-refractivity contribution in [3.63, 3.8) is 0 Å². The second-order valence-corrected chi connectivity index (χ2v) is 9.06. The van der Waals surface area contributed by atoms with E-state index < -0.39 is 10.0 Å². The van der Waals surface area contributed by atoms with Gasteiger partial charge >= 0.3 is 0 Å². The fraction of sp³-hybridized carbons (Fsp3) is 0.444. The quantitative estimate of drug-likeness (QED) is 0.658. The van der Waals surface area contributed by atoms with Crippen molar-refractivity contribution in [1.82, 2.24) is 14.7 Å².